The summed E-state index contributed by atoms with van der Waals surface area (Å²) in [5.74, 6) is 0.382. The van der Waals surface area contributed by atoms with Crippen molar-refractivity contribution >= 4 is 35.8 Å². The van der Waals surface area contributed by atoms with E-state index in [0.717, 1.165) is 18.7 Å². The molecule has 0 saturated carbocycles. The number of amides is 1. The van der Waals surface area contributed by atoms with Crippen LogP contribution in [0.15, 0.2) is 29.3 Å². The van der Waals surface area contributed by atoms with Crippen molar-refractivity contribution in [3.05, 3.63) is 35.4 Å². The van der Waals surface area contributed by atoms with Crippen molar-refractivity contribution in [3.63, 3.8) is 0 Å². The van der Waals surface area contributed by atoms with Crippen LogP contribution in [0.4, 0.5) is 0 Å². The smallest absolute Gasteiger partial charge is 0.251 e. The van der Waals surface area contributed by atoms with Crippen LogP contribution in [0.1, 0.15) is 56.5 Å². The Morgan fingerprint density at radius 3 is 2.78 bits per heavy atom. The zero-order valence-corrected chi connectivity index (χ0v) is 19.2. The summed E-state index contributed by atoms with van der Waals surface area (Å²) in [6.07, 6.45) is 2.46. The van der Waals surface area contributed by atoms with E-state index in [1.807, 2.05) is 45.0 Å². The number of rotatable bonds is 6. The number of aliphatic imine (C=N–C) groups is 1. The molecule has 152 valence electrons. The van der Waals surface area contributed by atoms with Crippen LogP contribution < -0.4 is 16.4 Å². The number of likely N-dealkylation sites (N-methyl/N-ethyl adjacent to an activating group) is 1. The molecule has 1 fully saturated rings. The summed E-state index contributed by atoms with van der Waals surface area (Å²) in [5.41, 5.74) is 7.36. The fraction of sp³-hybridized carbons (Fsp3) is 0.600. The van der Waals surface area contributed by atoms with E-state index >= 15 is 0 Å². The lowest BCUT2D eigenvalue weighted by atomic mass is 10.1. The predicted molar refractivity (Wildman–Crippen MR) is 123 cm³/mol. The van der Waals surface area contributed by atoms with Crippen LogP contribution in [0.3, 0.4) is 0 Å². The summed E-state index contributed by atoms with van der Waals surface area (Å²) in [4.78, 5) is 19.2. The maximum absolute atomic E-state index is 12.3. The van der Waals surface area contributed by atoms with E-state index in [1.54, 1.807) is 0 Å². The van der Waals surface area contributed by atoms with Crippen LogP contribution in [0, 0.1) is 0 Å². The monoisotopic (exact) mass is 487 g/mol. The molecule has 1 atom stereocenters. The van der Waals surface area contributed by atoms with E-state index in [4.69, 9.17) is 5.73 Å². The van der Waals surface area contributed by atoms with Crippen molar-refractivity contribution in [2.24, 2.45) is 10.7 Å². The highest BCUT2D eigenvalue weighted by atomic mass is 127. The van der Waals surface area contributed by atoms with Gasteiger partial charge in [-0.15, -0.1) is 24.0 Å². The second-order valence-electron chi connectivity index (χ2n) is 7.91. The minimum Gasteiger partial charge on any atom is -0.370 e. The summed E-state index contributed by atoms with van der Waals surface area (Å²) in [6.45, 7) is 11.6. The first-order chi connectivity index (χ1) is 12.3. The number of nitrogens with zero attached hydrogens (tertiary/aromatic N) is 2. The minimum atomic E-state index is -0.258. The van der Waals surface area contributed by atoms with E-state index in [2.05, 4.69) is 27.4 Å². The molecule has 1 aromatic carbocycles. The Balaban J connectivity index is 0.00000364. The van der Waals surface area contributed by atoms with Crippen molar-refractivity contribution in [2.75, 3.05) is 19.6 Å². The molecular weight excluding hydrogens is 453 g/mol. The van der Waals surface area contributed by atoms with Crippen LogP contribution in [-0.2, 0) is 6.54 Å². The number of guanidine groups is 1. The summed E-state index contributed by atoms with van der Waals surface area (Å²) < 4.78 is 0. The van der Waals surface area contributed by atoms with E-state index in [0.29, 0.717) is 24.1 Å². The molecule has 0 spiro atoms. The molecule has 1 unspecified atom stereocenters. The van der Waals surface area contributed by atoms with Gasteiger partial charge in [-0.25, -0.2) is 4.99 Å². The number of hydrogen-bond acceptors (Lipinski definition) is 3. The molecule has 6 nitrogen and oxygen atoms in total. The quantitative estimate of drug-likeness (QED) is 0.328. The Bertz CT molecular complexity index is 642. The molecule has 1 heterocycles. The number of likely N-dealkylation sites (tertiary alicyclic amines) is 1. The molecule has 2 rings (SSSR count). The van der Waals surface area contributed by atoms with Crippen molar-refractivity contribution < 1.29 is 4.79 Å². The van der Waals surface area contributed by atoms with Crippen LogP contribution in [-0.4, -0.2) is 48.0 Å². The number of hydrogen-bond donors (Lipinski definition) is 3. The highest BCUT2D eigenvalue weighted by molar-refractivity contribution is 14.0. The zero-order valence-electron chi connectivity index (χ0n) is 16.9. The van der Waals surface area contributed by atoms with Gasteiger partial charge in [-0.3, -0.25) is 9.69 Å². The molecule has 0 aliphatic carbocycles. The number of carbonyl (C=O) groups excluding carboxylic acids is 1. The second-order valence-corrected chi connectivity index (χ2v) is 7.91. The van der Waals surface area contributed by atoms with Gasteiger partial charge in [-0.1, -0.05) is 19.1 Å². The third kappa shape index (κ3) is 8.04. The minimum absolute atomic E-state index is 0. The van der Waals surface area contributed by atoms with Crippen molar-refractivity contribution in [2.45, 2.75) is 58.7 Å². The Kier molecular flexibility index (Phi) is 9.52. The third-order valence-corrected chi connectivity index (χ3v) is 4.53. The molecule has 1 aliphatic rings. The number of nitrogens with two attached hydrogens (primary N) is 1. The van der Waals surface area contributed by atoms with Crippen LogP contribution in [0.25, 0.3) is 0 Å². The molecule has 1 aromatic rings. The Morgan fingerprint density at radius 2 is 2.11 bits per heavy atom. The Hall–Kier alpha value is -1.35. The highest BCUT2D eigenvalue weighted by Gasteiger charge is 2.22. The molecule has 0 bridgehead atoms. The van der Waals surface area contributed by atoms with Crippen molar-refractivity contribution in [1.82, 2.24) is 15.5 Å². The average molecular weight is 487 g/mol. The number of benzene rings is 1. The Morgan fingerprint density at radius 1 is 1.37 bits per heavy atom. The first-order valence-corrected chi connectivity index (χ1v) is 9.48. The van der Waals surface area contributed by atoms with Crippen molar-refractivity contribution in [1.29, 1.82) is 0 Å². The fourth-order valence-corrected chi connectivity index (χ4v) is 3.22. The topological polar surface area (TPSA) is 82.8 Å². The second kappa shape index (κ2) is 10.8. The van der Waals surface area contributed by atoms with Crippen LogP contribution in [0.5, 0.6) is 0 Å². The summed E-state index contributed by atoms with van der Waals surface area (Å²) in [7, 11) is 0. The standard InChI is InChI=1S/C20H33N5O.HI/c1-5-25-11-7-10-17(25)14-23-19(21)22-13-15-8-6-9-16(12-15)18(26)24-20(2,3)4;/h6,8-9,12,17H,5,7,10-11,13-14H2,1-4H3,(H,24,26)(H3,21,22,23);1H. The van der Waals surface area contributed by atoms with Crippen LogP contribution in [0.2, 0.25) is 0 Å². The predicted octanol–water partition coefficient (Wildman–Crippen LogP) is 2.72. The number of halogens is 1. The van der Waals surface area contributed by atoms with E-state index in [9.17, 15) is 4.79 Å². The highest BCUT2D eigenvalue weighted by Crippen LogP contribution is 2.15. The van der Waals surface area contributed by atoms with Gasteiger partial charge < -0.3 is 16.4 Å². The summed E-state index contributed by atoms with van der Waals surface area (Å²) >= 11 is 0. The lowest BCUT2D eigenvalue weighted by Gasteiger charge is -2.23. The van der Waals surface area contributed by atoms with Gasteiger partial charge in [0.1, 0.15) is 0 Å². The molecule has 1 saturated heterocycles. The number of carbonyl (C=O) groups is 1. The van der Waals surface area contributed by atoms with Gasteiger partial charge in [-0.05, 0) is 64.4 Å². The van der Waals surface area contributed by atoms with E-state index in [1.165, 1.54) is 19.4 Å². The Labute approximate surface area is 180 Å². The normalized spacial score (nSPS) is 18.1. The van der Waals surface area contributed by atoms with Gasteiger partial charge in [0.2, 0.25) is 0 Å². The first-order valence-electron chi connectivity index (χ1n) is 9.48. The molecule has 7 heteroatoms. The van der Waals surface area contributed by atoms with Crippen LogP contribution >= 0.6 is 24.0 Å². The van der Waals surface area contributed by atoms with Gasteiger partial charge in [-0.2, -0.15) is 0 Å². The maximum Gasteiger partial charge on any atom is 0.251 e. The SMILES string of the molecule is CCN1CCCC1CNC(N)=NCc1cccc(C(=O)NC(C)(C)C)c1.I. The molecule has 0 radical (unpaired) electrons. The van der Waals surface area contributed by atoms with Crippen molar-refractivity contribution in [3.8, 4) is 0 Å². The molecular formula is C20H34IN5O. The van der Waals surface area contributed by atoms with Gasteiger partial charge >= 0.3 is 0 Å². The molecule has 1 amide bonds. The maximum atomic E-state index is 12.3. The largest absolute Gasteiger partial charge is 0.370 e. The van der Waals surface area contributed by atoms with Gasteiger partial charge in [0.05, 0.1) is 6.54 Å². The summed E-state index contributed by atoms with van der Waals surface area (Å²) in [6, 6.07) is 8.06. The lowest BCUT2D eigenvalue weighted by Crippen LogP contribution is -2.42. The fourth-order valence-electron chi connectivity index (χ4n) is 3.22. The average Bonchev–Trinajstić information content (AvgIpc) is 3.04. The molecule has 27 heavy (non-hydrogen) atoms. The lowest BCUT2D eigenvalue weighted by molar-refractivity contribution is 0.0919. The number of nitrogens with one attached hydrogen (secondary N) is 2. The molecule has 1 aliphatic heterocycles. The summed E-state index contributed by atoms with van der Waals surface area (Å²) in [5, 5.41) is 6.21. The third-order valence-electron chi connectivity index (χ3n) is 4.53. The molecule has 4 N–H and O–H groups in total. The van der Waals surface area contributed by atoms with Gasteiger partial charge in [0, 0.05) is 23.7 Å². The zero-order chi connectivity index (χ0) is 19.2. The molecule has 0 aromatic heterocycles. The van der Waals surface area contributed by atoms with Gasteiger partial charge in [0.25, 0.3) is 5.91 Å². The van der Waals surface area contributed by atoms with Gasteiger partial charge in [0.15, 0.2) is 5.96 Å². The first kappa shape index (κ1) is 23.7. The van der Waals surface area contributed by atoms with E-state index < -0.39 is 0 Å². The van der Waals surface area contributed by atoms with E-state index in [-0.39, 0.29) is 35.4 Å².